The monoisotopic (exact) mass is 294 g/mol. The molecule has 4 nitrogen and oxygen atoms in total. The molecule has 0 spiro atoms. The van der Waals surface area contributed by atoms with Gasteiger partial charge in [0.25, 0.3) is 0 Å². The predicted octanol–water partition coefficient (Wildman–Crippen LogP) is 2.37. The van der Waals surface area contributed by atoms with Crippen LogP contribution in [0.3, 0.4) is 0 Å². The van der Waals surface area contributed by atoms with Crippen LogP contribution in [0.1, 0.15) is 59.3 Å². The van der Waals surface area contributed by atoms with Crippen LogP contribution in [0.15, 0.2) is 0 Å². The Hall–Kier alpha value is -0.900. The minimum absolute atomic E-state index is 0.0523. The van der Waals surface area contributed by atoms with Crippen molar-refractivity contribution in [1.29, 1.82) is 0 Å². The van der Waals surface area contributed by atoms with Crippen molar-refractivity contribution in [3.63, 3.8) is 0 Å². The smallest absolute Gasteiger partial charge is 0.223 e. The fourth-order valence-corrected chi connectivity index (χ4v) is 4.04. The van der Waals surface area contributed by atoms with Crippen LogP contribution >= 0.6 is 0 Å². The van der Waals surface area contributed by atoms with Crippen molar-refractivity contribution < 1.29 is 9.59 Å². The summed E-state index contributed by atoms with van der Waals surface area (Å²) < 4.78 is 0. The zero-order valence-corrected chi connectivity index (χ0v) is 13.7. The first kappa shape index (κ1) is 16.5. The van der Waals surface area contributed by atoms with E-state index in [0.29, 0.717) is 12.1 Å². The summed E-state index contributed by atoms with van der Waals surface area (Å²) in [5.41, 5.74) is 0. The molecule has 0 aromatic carbocycles. The fraction of sp³-hybridized carbons (Fsp3) is 0.882. The first-order valence-electron chi connectivity index (χ1n) is 8.54. The van der Waals surface area contributed by atoms with Crippen LogP contribution in [0.2, 0.25) is 0 Å². The van der Waals surface area contributed by atoms with E-state index in [1.54, 1.807) is 6.92 Å². The molecule has 0 aromatic heterocycles. The van der Waals surface area contributed by atoms with E-state index >= 15 is 0 Å². The molecule has 120 valence electrons. The number of Topliss-reactive ketones (excluding diaryl/α,β-unsaturated/α-hetero) is 1. The Bertz CT molecular complexity index is 381. The summed E-state index contributed by atoms with van der Waals surface area (Å²) in [6.45, 7) is 7.93. The molecule has 2 rings (SSSR count). The molecule has 1 saturated heterocycles. The molecule has 0 radical (unpaired) electrons. The number of hydrogen-bond donors (Lipinski definition) is 1. The molecule has 1 saturated carbocycles. The van der Waals surface area contributed by atoms with Gasteiger partial charge in [0.15, 0.2) is 0 Å². The standard InChI is InChI=1S/C17H30N2O2/c1-12(2)19-10-6-7-14(19)11-18-17(21)16-9-5-4-8-15(16)13(3)20/h12,14-16H,4-11H2,1-3H3,(H,18,21)/t14-,15?,16?/m0/s1. The van der Waals surface area contributed by atoms with E-state index in [-0.39, 0.29) is 23.5 Å². The van der Waals surface area contributed by atoms with Crippen LogP contribution < -0.4 is 5.32 Å². The molecule has 0 aromatic rings. The fourth-order valence-electron chi connectivity index (χ4n) is 4.04. The lowest BCUT2D eigenvalue weighted by Gasteiger charge is -2.31. The van der Waals surface area contributed by atoms with Crippen molar-refractivity contribution >= 4 is 11.7 Å². The van der Waals surface area contributed by atoms with Gasteiger partial charge in [0, 0.05) is 30.5 Å². The van der Waals surface area contributed by atoms with Crippen molar-refractivity contribution in [3.05, 3.63) is 0 Å². The van der Waals surface area contributed by atoms with E-state index in [1.165, 1.54) is 12.8 Å². The molecule has 1 aliphatic heterocycles. The Morgan fingerprint density at radius 1 is 1.10 bits per heavy atom. The average molecular weight is 294 g/mol. The second kappa shape index (κ2) is 7.39. The van der Waals surface area contributed by atoms with Crippen LogP contribution in [0.25, 0.3) is 0 Å². The third-order valence-corrected chi connectivity index (χ3v) is 5.22. The molecule has 1 amide bonds. The van der Waals surface area contributed by atoms with Gasteiger partial charge in [0.1, 0.15) is 5.78 Å². The molecule has 2 unspecified atom stereocenters. The van der Waals surface area contributed by atoms with Gasteiger partial charge in [-0.15, -0.1) is 0 Å². The van der Waals surface area contributed by atoms with Gasteiger partial charge >= 0.3 is 0 Å². The van der Waals surface area contributed by atoms with E-state index in [0.717, 1.165) is 38.8 Å². The SMILES string of the molecule is CC(=O)C1CCCCC1C(=O)NC[C@@H]1CCCN1C(C)C. The molecular weight excluding hydrogens is 264 g/mol. The maximum Gasteiger partial charge on any atom is 0.223 e. The lowest BCUT2D eigenvalue weighted by Crippen LogP contribution is -2.46. The molecule has 1 aliphatic carbocycles. The topological polar surface area (TPSA) is 49.4 Å². The molecule has 21 heavy (non-hydrogen) atoms. The predicted molar refractivity (Wildman–Crippen MR) is 84.0 cm³/mol. The summed E-state index contributed by atoms with van der Waals surface area (Å²) in [5, 5.41) is 3.13. The Morgan fingerprint density at radius 2 is 1.76 bits per heavy atom. The van der Waals surface area contributed by atoms with E-state index in [4.69, 9.17) is 0 Å². The second-order valence-electron chi connectivity index (χ2n) is 6.98. The van der Waals surface area contributed by atoms with Crippen molar-refractivity contribution in [2.24, 2.45) is 11.8 Å². The minimum Gasteiger partial charge on any atom is -0.354 e. The molecule has 1 heterocycles. The number of carbonyl (C=O) groups is 2. The Balaban J connectivity index is 1.87. The summed E-state index contributed by atoms with van der Waals surface area (Å²) in [7, 11) is 0. The summed E-state index contributed by atoms with van der Waals surface area (Å²) in [4.78, 5) is 26.7. The van der Waals surface area contributed by atoms with E-state index in [9.17, 15) is 9.59 Å². The van der Waals surface area contributed by atoms with Crippen LogP contribution in [-0.4, -0.2) is 41.8 Å². The first-order valence-corrected chi connectivity index (χ1v) is 8.54. The van der Waals surface area contributed by atoms with E-state index < -0.39 is 0 Å². The van der Waals surface area contributed by atoms with Gasteiger partial charge in [-0.2, -0.15) is 0 Å². The summed E-state index contributed by atoms with van der Waals surface area (Å²) in [6, 6.07) is 1.00. The normalized spacial score (nSPS) is 30.6. The van der Waals surface area contributed by atoms with Crippen molar-refractivity contribution in [2.75, 3.05) is 13.1 Å². The minimum atomic E-state index is -0.0925. The average Bonchev–Trinajstić information content (AvgIpc) is 2.93. The lowest BCUT2D eigenvalue weighted by molar-refractivity contribution is -0.134. The zero-order chi connectivity index (χ0) is 15.4. The van der Waals surface area contributed by atoms with Crippen LogP contribution in [0.5, 0.6) is 0 Å². The number of hydrogen-bond acceptors (Lipinski definition) is 3. The Labute approximate surface area is 128 Å². The quantitative estimate of drug-likeness (QED) is 0.847. The molecule has 2 fully saturated rings. The molecule has 3 atom stereocenters. The summed E-state index contributed by atoms with van der Waals surface area (Å²) in [5.74, 6) is 0.138. The molecule has 0 bridgehead atoms. The van der Waals surface area contributed by atoms with Crippen molar-refractivity contribution in [2.45, 2.75) is 71.4 Å². The third-order valence-electron chi connectivity index (χ3n) is 5.22. The van der Waals surface area contributed by atoms with Crippen LogP contribution in [-0.2, 0) is 9.59 Å². The first-order chi connectivity index (χ1) is 10.0. The zero-order valence-electron chi connectivity index (χ0n) is 13.7. The number of amides is 1. The highest BCUT2D eigenvalue weighted by Gasteiger charge is 2.34. The Morgan fingerprint density at radius 3 is 2.38 bits per heavy atom. The highest BCUT2D eigenvalue weighted by molar-refractivity contribution is 5.87. The molecule has 4 heteroatoms. The van der Waals surface area contributed by atoms with Crippen LogP contribution in [0.4, 0.5) is 0 Å². The van der Waals surface area contributed by atoms with E-state index in [2.05, 4.69) is 24.1 Å². The van der Waals surface area contributed by atoms with Crippen molar-refractivity contribution in [3.8, 4) is 0 Å². The molecule has 2 aliphatic rings. The second-order valence-corrected chi connectivity index (χ2v) is 6.98. The maximum absolute atomic E-state index is 12.5. The van der Waals surface area contributed by atoms with E-state index in [1.807, 2.05) is 0 Å². The number of rotatable bonds is 5. The van der Waals surface area contributed by atoms with Gasteiger partial charge in [0.2, 0.25) is 5.91 Å². The van der Waals surface area contributed by atoms with Crippen LogP contribution in [0, 0.1) is 11.8 Å². The molecule has 1 N–H and O–H groups in total. The number of nitrogens with one attached hydrogen (secondary N) is 1. The maximum atomic E-state index is 12.5. The number of ketones is 1. The number of carbonyl (C=O) groups excluding carboxylic acids is 2. The third kappa shape index (κ3) is 4.06. The summed E-state index contributed by atoms with van der Waals surface area (Å²) in [6.07, 6.45) is 6.29. The van der Waals surface area contributed by atoms with Gasteiger partial charge in [-0.3, -0.25) is 14.5 Å². The van der Waals surface area contributed by atoms with Gasteiger partial charge in [-0.25, -0.2) is 0 Å². The largest absolute Gasteiger partial charge is 0.354 e. The highest BCUT2D eigenvalue weighted by atomic mass is 16.2. The Kier molecular flexibility index (Phi) is 5.80. The van der Waals surface area contributed by atoms with Gasteiger partial charge < -0.3 is 5.32 Å². The summed E-state index contributed by atoms with van der Waals surface area (Å²) >= 11 is 0. The lowest BCUT2D eigenvalue weighted by atomic mass is 9.77. The number of likely N-dealkylation sites (tertiary alicyclic amines) is 1. The molecular formula is C17H30N2O2. The van der Waals surface area contributed by atoms with Gasteiger partial charge in [0.05, 0.1) is 0 Å². The van der Waals surface area contributed by atoms with Crippen molar-refractivity contribution in [1.82, 2.24) is 10.2 Å². The van der Waals surface area contributed by atoms with Gasteiger partial charge in [-0.1, -0.05) is 12.8 Å². The highest BCUT2D eigenvalue weighted by Crippen LogP contribution is 2.31. The van der Waals surface area contributed by atoms with Gasteiger partial charge in [-0.05, 0) is 53.0 Å². The number of nitrogens with zero attached hydrogens (tertiary/aromatic N) is 1.